The van der Waals surface area contributed by atoms with Crippen LogP contribution in [0.25, 0.3) is 0 Å². The first-order valence-corrected chi connectivity index (χ1v) is 7.82. The number of halogens is 1. The van der Waals surface area contributed by atoms with Crippen LogP contribution in [0.4, 0.5) is 11.5 Å². The molecule has 2 aliphatic heterocycles. The first-order chi connectivity index (χ1) is 9.13. The molecule has 3 N–H and O–H groups in total. The quantitative estimate of drug-likeness (QED) is 0.878. The number of piperidine rings is 2. The first-order valence-electron chi connectivity index (χ1n) is 7.03. The van der Waals surface area contributed by atoms with Crippen LogP contribution >= 0.6 is 15.9 Å². The van der Waals surface area contributed by atoms with Gasteiger partial charge in [-0.1, -0.05) is 6.42 Å². The molecule has 0 aromatic carbocycles. The van der Waals surface area contributed by atoms with Crippen molar-refractivity contribution in [1.82, 2.24) is 9.88 Å². The molecule has 0 amide bonds. The van der Waals surface area contributed by atoms with Gasteiger partial charge in [0.25, 0.3) is 0 Å². The maximum absolute atomic E-state index is 5.73. The normalized spacial score (nSPS) is 31.2. The van der Waals surface area contributed by atoms with E-state index < -0.39 is 0 Å². The topological polar surface area (TPSA) is 54.2 Å². The van der Waals surface area contributed by atoms with E-state index in [9.17, 15) is 0 Å². The lowest BCUT2D eigenvalue weighted by Gasteiger charge is -2.47. The van der Waals surface area contributed by atoms with Crippen LogP contribution in [0.1, 0.15) is 32.1 Å². The largest absolute Gasteiger partial charge is 0.397 e. The third-order valence-electron chi connectivity index (χ3n) is 4.54. The van der Waals surface area contributed by atoms with Gasteiger partial charge in [-0.25, -0.2) is 4.98 Å². The van der Waals surface area contributed by atoms with Gasteiger partial charge in [0, 0.05) is 18.1 Å². The Kier molecular flexibility index (Phi) is 3.67. The van der Waals surface area contributed by atoms with E-state index >= 15 is 0 Å². The van der Waals surface area contributed by atoms with Crippen LogP contribution in [-0.2, 0) is 0 Å². The molecule has 2 atom stereocenters. The fraction of sp³-hybridized carbons (Fsp3) is 0.643. The fourth-order valence-corrected chi connectivity index (χ4v) is 3.97. The van der Waals surface area contributed by atoms with Crippen LogP contribution in [-0.4, -0.2) is 35.1 Å². The zero-order valence-corrected chi connectivity index (χ0v) is 12.9. The SMILES string of the molecule is CN1C2CCCC1CC(Nc1ncc(N)cc1Br)C2. The molecule has 4 nitrogen and oxygen atoms in total. The molecule has 2 aliphatic rings. The van der Waals surface area contributed by atoms with Crippen LogP contribution in [0.2, 0.25) is 0 Å². The van der Waals surface area contributed by atoms with Crippen LogP contribution in [0.3, 0.4) is 0 Å². The van der Waals surface area contributed by atoms with Crippen molar-refractivity contribution in [2.75, 3.05) is 18.1 Å². The van der Waals surface area contributed by atoms with Gasteiger partial charge >= 0.3 is 0 Å². The lowest BCUT2D eigenvalue weighted by molar-refractivity contribution is 0.0608. The van der Waals surface area contributed by atoms with E-state index in [1.54, 1.807) is 6.20 Å². The van der Waals surface area contributed by atoms with Crippen LogP contribution < -0.4 is 11.1 Å². The number of pyridine rings is 1. The van der Waals surface area contributed by atoms with Gasteiger partial charge in [0.2, 0.25) is 0 Å². The van der Waals surface area contributed by atoms with Crippen molar-refractivity contribution in [2.45, 2.75) is 50.2 Å². The highest BCUT2D eigenvalue weighted by Gasteiger charge is 2.36. The molecule has 0 saturated carbocycles. The molecule has 2 unspecified atom stereocenters. The molecular weight excluding hydrogens is 304 g/mol. The predicted octanol–water partition coefficient (Wildman–Crippen LogP) is 2.85. The number of rotatable bonds is 2. The van der Waals surface area contributed by atoms with E-state index in [2.05, 4.69) is 38.2 Å². The number of nitrogens with one attached hydrogen (secondary N) is 1. The van der Waals surface area contributed by atoms with Gasteiger partial charge in [-0.15, -0.1) is 0 Å². The Hall–Kier alpha value is -0.810. The molecule has 1 aromatic heterocycles. The van der Waals surface area contributed by atoms with E-state index in [0.29, 0.717) is 11.7 Å². The highest BCUT2D eigenvalue weighted by atomic mass is 79.9. The second-order valence-corrected chi connectivity index (χ2v) is 6.67. The Labute approximate surface area is 122 Å². The van der Waals surface area contributed by atoms with Crippen LogP contribution in [0.5, 0.6) is 0 Å². The zero-order chi connectivity index (χ0) is 13.4. The van der Waals surface area contributed by atoms with Gasteiger partial charge in [0.1, 0.15) is 5.82 Å². The summed E-state index contributed by atoms with van der Waals surface area (Å²) in [5, 5.41) is 3.59. The molecule has 3 rings (SSSR count). The Bertz CT molecular complexity index is 451. The van der Waals surface area contributed by atoms with Crippen molar-refractivity contribution in [3.05, 3.63) is 16.7 Å². The maximum Gasteiger partial charge on any atom is 0.140 e. The highest BCUT2D eigenvalue weighted by Crippen LogP contribution is 2.34. The summed E-state index contributed by atoms with van der Waals surface area (Å²) in [6, 6.07) is 3.90. The molecule has 5 heteroatoms. The molecule has 2 fully saturated rings. The standard InChI is InChI=1S/C14H21BrN4/c1-19-11-3-2-4-12(19)7-10(6-11)18-14-13(15)5-9(16)8-17-14/h5,8,10-12H,2-4,6-7,16H2,1H3,(H,17,18). The van der Waals surface area contributed by atoms with Gasteiger partial charge in [-0.05, 0) is 54.7 Å². The molecule has 2 saturated heterocycles. The van der Waals surface area contributed by atoms with E-state index in [-0.39, 0.29) is 0 Å². The second kappa shape index (κ2) is 5.29. The zero-order valence-electron chi connectivity index (χ0n) is 11.3. The minimum Gasteiger partial charge on any atom is -0.397 e. The smallest absolute Gasteiger partial charge is 0.140 e. The lowest BCUT2D eigenvalue weighted by Crippen LogP contribution is -2.52. The predicted molar refractivity (Wildman–Crippen MR) is 82.2 cm³/mol. The number of hydrogen-bond donors (Lipinski definition) is 2. The van der Waals surface area contributed by atoms with E-state index in [4.69, 9.17) is 5.73 Å². The third-order valence-corrected chi connectivity index (χ3v) is 5.15. The van der Waals surface area contributed by atoms with Crippen molar-refractivity contribution in [1.29, 1.82) is 0 Å². The molecule has 19 heavy (non-hydrogen) atoms. The Balaban J connectivity index is 1.70. The van der Waals surface area contributed by atoms with Crippen molar-refractivity contribution in [2.24, 2.45) is 0 Å². The number of anilines is 2. The number of fused-ring (bicyclic) bond motifs is 2. The van der Waals surface area contributed by atoms with Gasteiger partial charge in [0.05, 0.1) is 16.4 Å². The van der Waals surface area contributed by atoms with Crippen molar-refractivity contribution in [3.8, 4) is 0 Å². The minimum atomic E-state index is 0.527. The summed E-state index contributed by atoms with van der Waals surface area (Å²) in [4.78, 5) is 6.96. The second-order valence-electron chi connectivity index (χ2n) is 5.82. The average Bonchev–Trinajstić information content (AvgIpc) is 2.34. The maximum atomic E-state index is 5.73. The van der Waals surface area contributed by atoms with Gasteiger partial charge in [-0.2, -0.15) is 0 Å². The molecule has 0 aliphatic carbocycles. The summed E-state index contributed by atoms with van der Waals surface area (Å²) >= 11 is 3.53. The molecular formula is C14H21BrN4. The number of nitrogens with zero attached hydrogens (tertiary/aromatic N) is 2. The molecule has 0 radical (unpaired) electrons. The fourth-order valence-electron chi connectivity index (χ4n) is 3.49. The monoisotopic (exact) mass is 324 g/mol. The molecule has 3 heterocycles. The number of aromatic nitrogens is 1. The summed E-state index contributed by atoms with van der Waals surface area (Å²) in [6.45, 7) is 0. The molecule has 0 spiro atoms. The van der Waals surface area contributed by atoms with Crippen molar-refractivity contribution < 1.29 is 0 Å². The molecule has 104 valence electrons. The van der Waals surface area contributed by atoms with E-state index in [1.165, 1.54) is 32.1 Å². The Morgan fingerprint density at radius 2 is 2.05 bits per heavy atom. The third kappa shape index (κ3) is 2.72. The van der Waals surface area contributed by atoms with Crippen molar-refractivity contribution >= 4 is 27.4 Å². The van der Waals surface area contributed by atoms with Crippen molar-refractivity contribution in [3.63, 3.8) is 0 Å². The summed E-state index contributed by atoms with van der Waals surface area (Å²) in [5.41, 5.74) is 6.42. The number of hydrogen-bond acceptors (Lipinski definition) is 4. The average molecular weight is 325 g/mol. The first kappa shape index (κ1) is 13.2. The van der Waals surface area contributed by atoms with Gasteiger partial charge < -0.3 is 16.0 Å². The van der Waals surface area contributed by atoms with E-state index in [0.717, 1.165) is 22.4 Å². The summed E-state index contributed by atoms with van der Waals surface area (Å²) in [6.07, 6.45) is 8.19. The lowest BCUT2D eigenvalue weighted by atomic mass is 9.82. The Morgan fingerprint density at radius 3 is 2.68 bits per heavy atom. The molecule has 2 bridgehead atoms. The summed E-state index contributed by atoms with van der Waals surface area (Å²) in [5.74, 6) is 0.918. The summed E-state index contributed by atoms with van der Waals surface area (Å²) in [7, 11) is 2.28. The van der Waals surface area contributed by atoms with Crippen LogP contribution in [0.15, 0.2) is 16.7 Å². The molecule has 1 aromatic rings. The minimum absolute atomic E-state index is 0.527. The number of nitrogen functional groups attached to an aromatic ring is 1. The summed E-state index contributed by atoms with van der Waals surface area (Å²) < 4.78 is 0.955. The van der Waals surface area contributed by atoms with Crippen LogP contribution in [0, 0.1) is 0 Å². The van der Waals surface area contributed by atoms with Gasteiger partial charge in [0.15, 0.2) is 0 Å². The van der Waals surface area contributed by atoms with Gasteiger partial charge in [-0.3, -0.25) is 0 Å². The van der Waals surface area contributed by atoms with E-state index in [1.807, 2.05) is 6.07 Å². The highest BCUT2D eigenvalue weighted by molar-refractivity contribution is 9.10. The number of nitrogens with two attached hydrogens (primary N) is 1. The Morgan fingerprint density at radius 1 is 1.37 bits per heavy atom.